The van der Waals surface area contributed by atoms with E-state index in [-0.39, 0.29) is 11.5 Å². The molecule has 3 nitrogen and oxygen atoms in total. The summed E-state index contributed by atoms with van der Waals surface area (Å²) in [6.07, 6.45) is 1.65. The van der Waals surface area contributed by atoms with Gasteiger partial charge >= 0.3 is 0 Å². The molecule has 1 N–H and O–H groups in total. The van der Waals surface area contributed by atoms with Gasteiger partial charge in [0.1, 0.15) is 5.76 Å². The van der Waals surface area contributed by atoms with Gasteiger partial charge in [0, 0.05) is 16.8 Å². The molecule has 0 spiro atoms. The van der Waals surface area contributed by atoms with Crippen LogP contribution in [0, 0.1) is 0 Å². The summed E-state index contributed by atoms with van der Waals surface area (Å²) in [5.41, 5.74) is 1.96. The highest BCUT2D eigenvalue weighted by Gasteiger charge is 2.30. The Morgan fingerprint density at radius 3 is 2.65 bits per heavy atom. The van der Waals surface area contributed by atoms with Crippen molar-refractivity contribution >= 4 is 17.3 Å². The number of rotatable bonds is 3. The van der Waals surface area contributed by atoms with E-state index in [4.69, 9.17) is 0 Å². The topological polar surface area (TPSA) is 49.7 Å². The molecule has 1 aromatic carbocycles. The second kappa shape index (κ2) is 4.37. The number of aliphatic hydroxyl groups is 1. The average Bonchev–Trinajstić information content (AvgIpc) is 2.60. The highest BCUT2D eigenvalue weighted by Crippen LogP contribution is 2.31. The lowest BCUT2D eigenvalue weighted by atomic mass is 10.1. The molecule has 0 amide bonds. The third-order valence-electron chi connectivity index (χ3n) is 2.71. The van der Waals surface area contributed by atoms with Crippen LogP contribution in [0.2, 0.25) is 0 Å². The monoisotopic (exact) mass is 227 g/mol. The lowest BCUT2D eigenvalue weighted by Gasteiger charge is -2.00. The minimum Gasteiger partial charge on any atom is -0.506 e. The molecule has 86 valence electrons. The van der Waals surface area contributed by atoms with Gasteiger partial charge in [0.15, 0.2) is 5.78 Å². The fraction of sp³-hybridized carbons (Fsp3) is 0.143. The number of ketones is 1. The van der Waals surface area contributed by atoms with E-state index in [9.17, 15) is 9.90 Å². The van der Waals surface area contributed by atoms with E-state index in [2.05, 4.69) is 11.6 Å². The lowest BCUT2D eigenvalue weighted by molar-refractivity contribution is 0.104. The molecule has 0 radical (unpaired) electrons. The fourth-order valence-corrected chi connectivity index (χ4v) is 1.88. The zero-order chi connectivity index (χ0) is 12.4. The molecule has 1 aromatic rings. The maximum absolute atomic E-state index is 12.1. The van der Waals surface area contributed by atoms with Crippen molar-refractivity contribution in [1.82, 2.24) is 0 Å². The van der Waals surface area contributed by atoms with Crippen molar-refractivity contribution in [3.05, 3.63) is 53.6 Å². The first-order valence-corrected chi connectivity index (χ1v) is 5.36. The molecular weight excluding hydrogens is 214 g/mol. The minimum atomic E-state index is -0.164. The first-order chi connectivity index (χ1) is 8.16. The number of Topliss-reactive ketones (excluding diaryl/α,β-unsaturated/α-hetero) is 1. The molecule has 0 atom stereocenters. The Kier molecular flexibility index (Phi) is 2.91. The van der Waals surface area contributed by atoms with Crippen molar-refractivity contribution < 1.29 is 9.90 Å². The number of nitrogens with zero attached hydrogens (tertiary/aromatic N) is 1. The summed E-state index contributed by atoms with van der Waals surface area (Å²) in [6.45, 7) is 5.72. The van der Waals surface area contributed by atoms with E-state index >= 15 is 0 Å². The Morgan fingerprint density at radius 2 is 2.06 bits per heavy atom. The molecule has 17 heavy (non-hydrogen) atoms. The molecule has 1 aliphatic rings. The van der Waals surface area contributed by atoms with Gasteiger partial charge in [-0.05, 0) is 6.92 Å². The van der Waals surface area contributed by atoms with Crippen LogP contribution < -0.4 is 0 Å². The zero-order valence-corrected chi connectivity index (χ0v) is 9.60. The molecule has 0 fully saturated rings. The summed E-state index contributed by atoms with van der Waals surface area (Å²) in [5, 5.41) is 10.0. The number of aliphatic imine (C=N–C) groups is 1. The van der Waals surface area contributed by atoms with Crippen molar-refractivity contribution in [2.45, 2.75) is 6.92 Å². The predicted octanol–water partition coefficient (Wildman–Crippen LogP) is 2.80. The summed E-state index contributed by atoms with van der Waals surface area (Å²) in [4.78, 5) is 16.3. The van der Waals surface area contributed by atoms with Crippen molar-refractivity contribution in [1.29, 1.82) is 0 Å². The van der Waals surface area contributed by atoms with Crippen LogP contribution in [0.5, 0.6) is 0 Å². The van der Waals surface area contributed by atoms with Crippen LogP contribution in [-0.4, -0.2) is 23.1 Å². The van der Waals surface area contributed by atoms with Gasteiger partial charge < -0.3 is 5.11 Å². The Balaban J connectivity index is 2.49. The fourth-order valence-electron chi connectivity index (χ4n) is 1.88. The third-order valence-corrected chi connectivity index (χ3v) is 2.71. The molecule has 0 unspecified atom stereocenters. The Bertz CT molecular complexity index is 553. The number of hydrogen-bond donors (Lipinski definition) is 1. The van der Waals surface area contributed by atoms with Crippen LogP contribution in [0.15, 0.2) is 47.5 Å². The largest absolute Gasteiger partial charge is 0.506 e. The molecule has 0 saturated carbocycles. The normalized spacial score (nSPS) is 15.1. The quantitative estimate of drug-likeness (QED) is 0.637. The average molecular weight is 227 g/mol. The highest BCUT2D eigenvalue weighted by molar-refractivity contribution is 6.35. The Labute approximate surface area is 99.8 Å². The first-order valence-electron chi connectivity index (χ1n) is 5.36. The van der Waals surface area contributed by atoms with E-state index in [1.54, 1.807) is 37.3 Å². The molecular formula is C14H13NO2. The van der Waals surface area contributed by atoms with E-state index < -0.39 is 0 Å². The Hall–Kier alpha value is -2.16. The third kappa shape index (κ3) is 1.80. The van der Waals surface area contributed by atoms with Gasteiger partial charge in [0.05, 0.1) is 12.1 Å². The Morgan fingerprint density at radius 1 is 1.41 bits per heavy atom. The van der Waals surface area contributed by atoms with Crippen LogP contribution >= 0.6 is 0 Å². The summed E-state index contributed by atoms with van der Waals surface area (Å²) >= 11 is 0. The smallest absolute Gasteiger partial charge is 0.199 e. The molecule has 0 aromatic heterocycles. The first kappa shape index (κ1) is 11.3. The molecule has 3 heteroatoms. The summed E-state index contributed by atoms with van der Waals surface area (Å²) in [6, 6.07) is 7.02. The van der Waals surface area contributed by atoms with Gasteiger partial charge in [-0.3, -0.25) is 9.79 Å². The number of aliphatic hydroxyl groups excluding tert-OH is 1. The van der Waals surface area contributed by atoms with E-state index in [1.165, 1.54) is 0 Å². The molecule has 0 heterocycles. The van der Waals surface area contributed by atoms with Crippen LogP contribution in [0.3, 0.4) is 0 Å². The lowest BCUT2D eigenvalue weighted by Crippen LogP contribution is -2.08. The van der Waals surface area contributed by atoms with Gasteiger partial charge in [-0.1, -0.05) is 30.3 Å². The molecule has 0 saturated heterocycles. The molecule has 1 aliphatic carbocycles. The summed E-state index contributed by atoms with van der Waals surface area (Å²) < 4.78 is 0. The zero-order valence-electron chi connectivity index (χ0n) is 9.60. The number of carbonyl (C=O) groups excluding carboxylic acids is 1. The van der Waals surface area contributed by atoms with Crippen molar-refractivity contribution in [3.8, 4) is 0 Å². The molecule has 0 aliphatic heterocycles. The summed E-state index contributed by atoms with van der Waals surface area (Å²) in [5.74, 6) is -0.140. The predicted molar refractivity (Wildman–Crippen MR) is 68.5 cm³/mol. The SMILES string of the molecule is C=CCN=C(C)C1=C(O)c2ccccc2C1=O. The second-order valence-corrected chi connectivity index (χ2v) is 3.81. The number of carbonyl (C=O) groups is 1. The van der Waals surface area contributed by atoms with Gasteiger partial charge in [-0.25, -0.2) is 0 Å². The van der Waals surface area contributed by atoms with Crippen LogP contribution in [0.4, 0.5) is 0 Å². The van der Waals surface area contributed by atoms with Crippen LogP contribution in [0.25, 0.3) is 5.76 Å². The second-order valence-electron chi connectivity index (χ2n) is 3.81. The van der Waals surface area contributed by atoms with E-state index in [1.807, 2.05) is 0 Å². The minimum absolute atomic E-state index is 0.0240. The van der Waals surface area contributed by atoms with Crippen LogP contribution in [0.1, 0.15) is 22.8 Å². The number of allylic oxidation sites excluding steroid dienone is 1. The number of hydrogen-bond acceptors (Lipinski definition) is 3. The van der Waals surface area contributed by atoms with E-state index in [0.717, 1.165) is 0 Å². The van der Waals surface area contributed by atoms with Gasteiger partial charge in [0.2, 0.25) is 0 Å². The van der Waals surface area contributed by atoms with E-state index in [0.29, 0.717) is 29.0 Å². The standard InChI is InChI=1S/C14H13NO2/c1-3-8-15-9(2)12-13(16)10-6-4-5-7-11(10)14(12)17/h3-7,16H,1,8H2,2H3. The summed E-state index contributed by atoms with van der Waals surface area (Å²) in [7, 11) is 0. The van der Waals surface area contributed by atoms with Crippen molar-refractivity contribution in [2.24, 2.45) is 4.99 Å². The van der Waals surface area contributed by atoms with Gasteiger partial charge in [-0.15, -0.1) is 6.58 Å². The van der Waals surface area contributed by atoms with Gasteiger partial charge in [0.25, 0.3) is 0 Å². The number of benzene rings is 1. The number of fused-ring (bicyclic) bond motifs is 1. The van der Waals surface area contributed by atoms with Gasteiger partial charge in [-0.2, -0.15) is 0 Å². The highest BCUT2D eigenvalue weighted by atomic mass is 16.3. The molecule has 0 bridgehead atoms. The van der Waals surface area contributed by atoms with Crippen molar-refractivity contribution in [3.63, 3.8) is 0 Å². The maximum Gasteiger partial charge on any atom is 0.199 e. The van der Waals surface area contributed by atoms with Crippen molar-refractivity contribution in [2.75, 3.05) is 6.54 Å². The maximum atomic E-state index is 12.1. The molecule has 2 rings (SSSR count). The van der Waals surface area contributed by atoms with Crippen LogP contribution in [-0.2, 0) is 0 Å².